The Morgan fingerprint density at radius 1 is 1.21 bits per heavy atom. The molecule has 158 valence electrons. The van der Waals surface area contributed by atoms with Gasteiger partial charge in [0.1, 0.15) is 0 Å². The van der Waals surface area contributed by atoms with Gasteiger partial charge in [-0.2, -0.15) is 15.0 Å². The molecule has 4 rings (SSSR count). The summed E-state index contributed by atoms with van der Waals surface area (Å²) in [5, 5.41) is 3.89. The molecule has 2 aromatic heterocycles. The van der Waals surface area contributed by atoms with E-state index in [0.717, 1.165) is 49.0 Å². The van der Waals surface area contributed by atoms with Crippen molar-refractivity contribution in [2.24, 2.45) is 5.92 Å². The Hall–Kier alpha value is -1.69. The lowest BCUT2D eigenvalue weighted by Crippen LogP contribution is -2.37. The number of rotatable bonds is 7. The summed E-state index contributed by atoms with van der Waals surface area (Å²) in [6.07, 6.45) is 6.19. The maximum Gasteiger partial charge on any atom is 0.321 e. The van der Waals surface area contributed by atoms with Gasteiger partial charge in [0.25, 0.3) is 0 Å². The summed E-state index contributed by atoms with van der Waals surface area (Å²) in [5.74, 6) is 1.78. The van der Waals surface area contributed by atoms with Gasteiger partial charge < -0.3 is 19.7 Å². The van der Waals surface area contributed by atoms with Crippen molar-refractivity contribution in [3.05, 3.63) is 6.20 Å². The number of thiazole rings is 1. The van der Waals surface area contributed by atoms with E-state index in [9.17, 15) is 0 Å². The Labute approximate surface area is 179 Å². The minimum atomic E-state index is 0.392. The van der Waals surface area contributed by atoms with E-state index in [1.165, 1.54) is 11.3 Å². The Balaban J connectivity index is 1.51. The maximum absolute atomic E-state index is 6.06. The van der Waals surface area contributed by atoms with Crippen LogP contribution >= 0.6 is 23.3 Å². The summed E-state index contributed by atoms with van der Waals surface area (Å²) in [5.41, 5.74) is 0. The van der Waals surface area contributed by atoms with Crippen LogP contribution in [0.2, 0.25) is 0 Å². The van der Waals surface area contributed by atoms with E-state index in [-0.39, 0.29) is 0 Å². The molecule has 1 N–H and O–H groups in total. The Morgan fingerprint density at radius 3 is 2.69 bits per heavy atom. The van der Waals surface area contributed by atoms with Gasteiger partial charge in [-0.15, -0.1) is 0 Å². The molecule has 2 aromatic rings. The summed E-state index contributed by atoms with van der Waals surface area (Å²) in [4.78, 5) is 21.2. The van der Waals surface area contributed by atoms with Crippen LogP contribution in [0, 0.1) is 5.92 Å². The van der Waals surface area contributed by atoms with Crippen molar-refractivity contribution in [3.8, 4) is 16.7 Å². The second-order valence-corrected chi connectivity index (χ2v) is 8.90. The molecule has 0 unspecified atom stereocenters. The van der Waals surface area contributed by atoms with Crippen LogP contribution in [0.25, 0.3) is 10.7 Å². The predicted molar refractivity (Wildman–Crippen MR) is 117 cm³/mol. The summed E-state index contributed by atoms with van der Waals surface area (Å²) >= 11 is 3.33. The van der Waals surface area contributed by atoms with E-state index < -0.39 is 0 Å². The second-order valence-electron chi connectivity index (χ2n) is 6.99. The van der Waals surface area contributed by atoms with E-state index >= 15 is 0 Å². The zero-order chi connectivity index (χ0) is 20.1. The molecule has 0 spiro atoms. The lowest BCUT2D eigenvalue weighted by atomic mass is 9.99. The van der Waals surface area contributed by atoms with E-state index in [1.54, 1.807) is 6.20 Å². The van der Waals surface area contributed by atoms with E-state index in [2.05, 4.69) is 35.7 Å². The highest BCUT2D eigenvalue weighted by Crippen LogP contribution is 2.29. The van der Waals surface area contributed by atoms with Crippen LogP contribution in [0.1, 0.15) is 12.8 Å². The molecule has 2 saturated heterocycles. The van der Waals surface area contributed by atoms with Crippen LogP contribution in [-0.4, -0.2) is 83.5 Å². The van der Waals surface area contributed by atoms with Gasteiger partial charge in [-0.3, -0.25) is 4.31 Å². The SMILES string of the molecule is CNc1ncc(-c2nc(OCC3CCN(SC)CC3)nc(N3CCOCC3)n2)s1. The van der Waals surface area contributed by atoms with Crippen LogP contribution in [0.4, 0.5) is 11.1 Å². The van der Waals surface area contributed by atoms with Gasteiger partial charge >= 0.3 is 6.01 Å². The molecule has 29 heavy (non-hydrogen) atoms. The molecule has 2 fully saturated rings. The van der Waals surface area contributed by atoms with Crippen molar-refractivity contribution in [2.75, 3.05) is 69.5 Å². The lowest BCUT2D eigenvalue weighted by Gasteiger charge is -2.30. The average molecular weight is 438 g/mol. The van der Waals surface area contributed by atoms with Crippen LogP contribution in [-0.2, 0) is 4.74 Å². The molecule has 0 amide bonds. The second kappa shape index (κ2) is 9.88. The fourth-order valence-corrected chi connectivity index (χ4v) is 4.65. The van der Waals surface area contributed by atoms with Crippen LogP contribution in [0.15, 0.2) is 6.20 Å². The van der Waals surface area contributed by atoms with Gasteiger partial charge in [-0.05, 0) is 25.0 Å². The quantitative estimate of drug-likeness (QED) is 0.651. The monoisotopic (exact) mass is 437 g/mol. The Bertz CT molecular complexity index is 792. The number of hydrogen-bond donors (Lipinski definition) is 1. The van der Waals surface area contributed by atoms with E-state index in [0.29, 0.717) is 43.5 Å². The van der Waals surface area contributed by atoms with Crippen molar-refractivity contribution in [3.63, 3.8) is 0 Å². The first kappa shape index (κ1) is 20.6. The molecule has 0 aliphatic carbocycles. The smallest absolute Gasteiger partial charge is 0.321 e. The first-order valence-electron chi connectivity index (χ1n) is 9.89. The summed E-state index contributed by atoms with van der Waals surface area (Å²) in [6.45, 7) is 5.72. The third-order valence-corrected chi connectivity index (χ3v) is 7.01. The molecule has 0 aromatic carbocycles. The third kappa shape index (κ3) is 5.27. The van der Waals surface area contributed by atoms with Crippen molar-refractivity contribution >= 4 is 34.4 Å². The highest BCUT2D eigenvalue weighted by molar-refractivity contribution is 7.96. The van der Waals surface area contributed by atoms with Crippen LogP contribution in [0.5, 0.6) is 6.01 Å². The van der Waals surface area contributed by atoms with Crippen LogP contribution < -0.4 is 15.0 Å². The van der Waals surface area contributed by atoms with Gasteiger partial charge in [-0.25, -0.2) is 4.98 Å². The molecule has 0 saturated carbocycles. The number of morpholine rings is 1. The topological polar surface area (TPSA) is 88.5 Å². The third-order valence-electron chi connectivity index (χ3n) is 5.12. The van der Waals surface area contributed by atoms with Crippen molar-refractivity contribution < 1.29 is 9.47 Å². The number of anilines is 2. The minimum Gasteiger partial charge on any atom is -0.463 e. The molecule has 2 aliphatic heterocycles. The predicted octanol–water partition coefficient (Wildman–Crippen LogP) is 2.24. The molecule has 0 radical (unpaired) electrons. The lowest BCUT2D eigenvalue weighted by molar-refractivity contribution is 0.121. The van der Waals surface area contributed by atoms with Gasteiger partial charge in [0, 0.05) is 33.2 Å². The maximum atomic E-state index is 6.06. The summed E-state index contributed by atoms with van der Waals surface area (Å²) < 4.78 is 13.9. The molecular formula is C18H27N7O2S2. The van der Waals surface area contributed by atoms with Gasteiger partial charge in [-0.1, -0.05) is 23.3 Å². The molecule has 11 heteroatoms. The molecule has 4 heterocycles. The number of aromatic nitrogens is 4. The molecule has 0 atom stereocenters. The minimum absolute atomic E-state index is 0.392. The highest BCUT2D eigenvalue weighted by Gasteiger charge is 2.22. The summed E-state index contributed by atoms with van der Waals surface area (Å²) in [7, 11) is 1.85. The zero-order valence-electron chi connectivity index (χ0n) is 16.8. The normalized spacial score (nSPS) is 18.8. The Morgan fingerprint density at radius 2 is 2.00 bits per heavy atom. The summed E-state index contributed by atoms with van der Waals surface area (Å²) in [6, 6.07) is 0.392. The fourth-order valence-electron chi connectivity index (χ4n) is 3.37. The number of hydrogen-bond acceptors (Lipinski definition) is 11. The van der Waals surface area contributed by atoms with Gasteiger partial charge in [0.15, 0.2) is 11.0 Å². The average Bonchev–Trinajstić information content (AvgIpc) is 3.28. The fraction of sp³-hybridized carbons (Fsp3) is 0.667. The number of ether oxygens (including phenoxy) is 2. The first-order valence-corrected chi connectivity index (χ1v) is 11.9. The molecule has 0 bridgehead atoms. The molecular weight excluding hydrogens is 410 g/mol. The number of nitrogens with zero attached hydrogens (tertiary/aromatic N) is 6. The van der Waals surface area contributed by atoms with Crippen molar-refractivity contribution in [2.45, 2.75) is 12.8 Å². The van der Waals surface area contributed by atoms with Crippen molar-refractivity contribution in [1.82, 2.24) is 24.2 Å². The number of piperidine rings is 1. The first-order chi connectivity index (χ1) is 14.2. The largest absolute Gasteiger partial charge is 0.463 e. The molecule has 2 aliphatic rings. The molecule has 9 nitrogen and oxygen atoms in total. The van der Waals surface area contributed by atoms with Crippen LogP contribution in [0.3, 0.4) is 0 Å². The van der Waals surface area contributed by atoms with Gasteiger partial charge in [0.05, 0.1) is 30.9 Å². The van der Waals surface area contributed by atoms with Gasteiger partial charge in [0.2, 0.25) is 5.95 Å². The van der Waals surface area contributed by atoms with Crippen molar-refractivity contribution in [1.29, 1.82) is 0 Å². The van der Waals surface area contributed by atoms with E-state index in [4.69, 9.17) is 14.5 Å². The zero-order valence-corrected chi connectivity index (χ0v) is 18.5. The number of nitrogens with one attached hydrogen (secondary N) is 1. The standard InChI is InChI=1S/C18H27N7O2S2/c1-19-18-20-11-14(29-18)15-21-16(24-7-9-26-10-8-24)23-17(22-15)27-12-13-3-5-25(28-2)6-4-13/h11,13H,3-10,12H2,1-2H3,(H,19,20). The Kier molecular flexibility index (Phi) is 7.01. The highest BCUT2D eigenvalue weighted by atomic mass is 32.2. The van der Waals surface area contributed by atoms with E-state index in [1.807, 2.05) is 19.0 Å².